The Morgan fingerprint density at radius 2 is 2.08 bits per heavy atom. The minimum Gasteiger partial charge on any atom is -0.487 e. The Morgan fingerprint density at radius 3 is 2.84 bits per heavy atom. The number of hydrogen-bond donors (Lipinski definition) is 0. The third-order valence-corrected chi connectivity index (χ3v) is 9.72. The van der Waals surface area contributed by atoms with Gasteiger partial charge in [-0.15, -0.1) is 0 Å². The van der Waals surface area contributed by atoms with Gasteiger partial charge in [-0.1, -0.05) is 12.1 Å². The molecule has 7 nitrogen and oxygen atoms in total. The molecule has 1 aromatic heterocycles. The summed E-state index contributed by atoms with van der Waals surface area (Å²) in [6, 6.07) is 8.19. The number of carbonyl (C=O) groups excluding carboxylic acids is 2. The van der Waals surface area contributed by atoms with Gasteiger partial charge in [0.2, 0.25) is 5.91 Å². The lowest BCUT2D eigenvalue weighted by Gasteiger charge is -2.65. The summed E-state index contributed by atoms with van der Waals surface area (Å²) in [6.45, 7) is 3.58. The Balaban J connectivity index is 1.30. The summed E-state index contributed by atoms with van der Waals surface area (Å²) in [6.07, 6.45) is 12.1. The molecule has 3 fully saturated rings. The molecule has 5 aliphatic rings. The van der Waals surface area contributed by atoms with Gasteiger partial charge in [-0.2, -0.15) is 0 Å². The van der Waals surface area contributed by atoms with Gasteiger partial charge < -0.3 is 18.8 Å². The van der Waals surface area contributed by atoms with Crippen LogP contribution in [0.2, 0.25) is 0 Å². The van der Waals surface area contributed by atoms with Gasteiger partial charge >= 0.3 is 5.97 Å². The van der Waals surface area contributed by atoms with Crippen molar-refractivity contribution in [1.82, 2.24) is 9.80 Å². The van der Waals surface area contributed by atoms with Gasteiger partial charge in [0, 0.05) is 37.7 Å². The van der Waals surface area contributed by atoms with E-state index in [-0.39, 0.29) is 30.1 Å². The Bertz CT molecular complexity index is 1270. The number of furan rings is 1. The van der Waals surface area contributed by atoms with Crippen molar-refractivity contribution in [2.75, 3.05) is 20.1 Å². The largest absolute Gasteiger partial charge is 0.487 e. The van der Waals surface area contributed by atoms with Crippen LogP contribution in [0.4, 0.5) is 0 Å². The lowest BCUT2D eigenvalue weighted by molar-refractivity contribution is -0.223. The zero-order valence-corrected chi connectivity index (χ0v) is 21.5. The van der Waals surface area contributed by atoms with Crippen LogP contribution in [0.3, 0.4) is 0 Å². The van der Waals surface area contributed by atoms with E-state index in [4.69, 9.17) is 13.9 Å². The Labute approximate surface area is 217 Å². The topological polar surface area (TPSA) is 72.2 Å². The number of likely N-dealkylation sites (tertiary alicyclic amines) is 1. The van der Waals surface area contributed by atoms with Crippen LogP contribution in [0.15, 0.2) is 47.3 Å². The summed E-state index contributed by atoms with van der Waals surface area (Å²) in [5, 5.41) is 0. The first-order valence-electron chi connectivity index (χ1n) is 13.6. The molecule has 2 aliphatic heterocycles. The number of hydrogen-bond acceptors (Lipinski definition) is 6. The van der Waals surface area contributed by atoms with Crippen molar-refractivity contribution in [3.63, 3.8) is 0 Å². The highest BCUT2D eigenvalue weighted by Gasteiger charge is 2.75. The maximum Gasteiger partial charge on any atom is 0.303 e. The number of nitrogens with zero attached hydrogens (tertiary/aromatic N) is 2. The first-order chi connectivity index (χ1) is 17.9. The lowest BCUT2D eigenvalue weighted by Crippen LogP contribution is -2.79. The summed E-state index contributed by atoms with van der Waals surface area (Å²) >= 11 is 0. The van der Waals surface area contributed by atoms with E-state index in [2.05, 4.69) is 23.1 Å². The molecule has 1 saturated heterocycles. The summed E-state index contributed by atoms with van der Waals surface area (Å²) in [5.74, 6) is 1.36. The third-order valence-electron chi connectivity index (χ3n) is 9.72. The SMILES string of the molecule is CC(=O)O[C@@]12CC[C@@H](N(C)C(=O)/C=C/c3ccoc3)[C@@H]3Oc4cccc5c4[C@@]31CCN(CC1CC1)[C@@H]2C5. The van der Waals surface area contributed by atoms with Crippen LogP contribution in [0.5, 0.6) is 5.75 Å². The zero-order chi connectivity index (χ0) is 25.4. The molecule has 0 N–H and O–H groups in total. The van der Waals surface area contributed by atoms with Crippen LogP contribution in [-0.4, -0.2) is 65.6 Å². The van der Waals surface area contributed by atoms with Crippen LogP contribution >= 0.6 is 0 Å². The summed E-state index contributed by atoms with van der Waals surface area (Å²) in [5.41, 5.74) is 2.28. The van der Waals surface area contributed by atoms with E-state index in [1.165, 1.54) is 24.0 Å². The van der Waals surface area contributed by atoms with E-state index in [0.29, 0.717) is 0 Å². The monoisotopic (exact) mass is 502 g/mol. The maximum atomic E-state index is 13.3. The minimum absolute atomic E-state index is 0.0686. The standard InChI is InChI=1S/C30H34N2O5/c1-19(33)37-30-12-10-23(31(2)26(34)9-8-21-11-15-35-18-21)28-29(30)13-14-32(17-20-6-7-20)25(30)16-22-4-3-5-24(36-28)27(22)29/h3-5,8-9,11,15,18,20,23,25,28H,6-7,10,12-14,16-17H2,1-2H3/b9-8+/t23-,25-,28+,29+,30-/m1/s1. The van der Waals surface area contributed by atoms with E-state index in [1.807, 2.05) is 18.0 Å². The summed E-state index contributed by atoms with van der Waals surface area (Å²) in [4.78, 5) is 30.5. The van der Waals surface area contributed by atoms with Crippen LogP contribution in [0.25, 0.3) is 6.08 Å². The minimum atomic E-state index is -0.650. The molecule has 3 heterocycles. The van der Waals surface area contributed by atoms with Gasteiger partial charge in [-0.05, 0) is 74.8 Å². The van der Waals surface area contributed by atoms with Gasteiger partial charge in [0.25, 0.3) is 0 Å². The second-order valence-corrected chi connectivity index (χ2v) is 11.6. The smallest absolute Gasteiger partial charge is 0.303 e. The quantitative estimate of drug-likeness (QED) is 0.440. The highest BCUT2D eigenvalue weighted by atomic mass is 16.6. The first kappa shape index (κ1) is 23.1. The average Bonchev–Trinajstić information content (AvgIpc) is 3.40. The predicted molar refractivity (Wildman–Crippen MR) is 137 cm³/mol. The molecule has 0 unspecified atom stereocenters. The van der Waals surface area contributed by atoms with Crippen LogP contribution in [0, 0.1) is 5.92 Å². The molecule has 2 bridgehead atoms. The van der Waals surface area contributed by atoms with E-state index >= 15 is 0 Å². The Kier molecular flexibility index (Phi) is 5.13. The van der Waals surface area contributed by atoms with Crippen molar-refractivity contribution in [2.24, 2.45) is 5.92 Å². The van der Waals surface area contributed by atoms with E-state index in [1.54, 1.807) is 31.6 Å². The number of benzene rings is 1. The Hall–Kier alpha value is -3.06. The van der Waals surface area contributed by atoms with Crippen molar-refractivity contribution in [1.29, 1.82) is 0 Å². The number of amides is 1. The molecule has 2 saturated carbocycles. The summed E-state index contributed by atoms with van der Waals surface area (Å²) in [7, 11) is 1.87. The number of esters is 1. The van der Waals surface area contributed by atoms with Crippen molar-refractivity contribution in [3.8, 4) is 5.75 Å². The fourth-order valence-electron chi connectivity index (χ4n) is 8.08. The highest BCUT2D eigenvalue weighted by molar-refractivity contribution is 5.92. The number of likely N-dealkylation sites (N-methyl/N-ethyl adjacent to an activating group) is 1. The van der Waals surface area contributed by atoms with Crippen molar-refractivity contribution >= 4 is 18.0 Å². The van der Waals surface area contributed by atoms with Crippen molar-refractivity contribution in [3.05, 3.63) is 59.6 Å². The van der Waals surface area contributed by atoms with Gasteiger partial charge in [0.05, 0.1) is 30.0 Å². The molecule has 1 aromatic carbocycles. The molecule has 7 rings (SSSR count). The molecule has 2 aromatic rings. The fourth-order valence-corrected chi connectivity index (χ4v) is 8.08. The number of carbonyl (C=O) groups is 2. The molecule has 3 aliphatic carbocycles. The molecule has 194 valence electrons. The second kappa shape index (κ2) is 8.22. The third kappa shape index (κ3) is 3.29. The fraction of sp³-hybridized carbons (Fsp3) is 0.533. The van der Waals surface area contributed by atoms with Crippen LogP contribution in [-0.2, 0) is 26.2 Å². The van der Waals surface area contributed by atoms with Crippen LogP contribution in [0.1, 0.15) is 55.7 Å². The highest BCUT2D eigenvalue weighted by Crippen LogP contribution is 2.65. The predicted octanol–water partition coefficient (Wildman–Crippen LogP) is 3.95. The van der Waals surface area contributed by atoms with E-state index in [0.717, 1.165) is 56.0 Å². The molecule has 0 radical (unpaired) electrons. The molecule has 37 heavy (non-hydrogen) atoms. The van der Waals surface area contributed by atoms with Crippen LogP contribution < -0.4 is 4.74 Å². The Morgan fingerprint density at radius 1 is 1.22 bits per heavy atom. The normalized spacial score (nSPS) is 33.6. The second-order valence-electron chi connectivity index (χ2n) is 11.6. The molecular formula is C30H34N2O5. The average molecular weight is 503 g/mol. The number of rotatable bonds is 6. The molecule has 1 spiro atoms. The maximum absolute atomic E-state index is 13.3. The zero-order valence-electron chi connectivity index (χ0n) is 21.5. The van der Waals surface area contributed by atoms with E-state index in [9.17, 15) is 9.59 Å². The van der Waals surface area contributed by atoms with Gasteiger partial charge in [-0.25, -0.2) is 0 Å². The van der Waals surface area contributed by atoms with Crippen molar-refractivity contribution in [2.45, 2.75) is 74.7 Å². The van der Waals surface area contributed by atoms with Gasteiger partial charge in [0.15, 0.2) is 0 Å². The van der Waals surface area contributed by atoms with Crippen molar-refractivity contribution < 1.29 is 23.5 Å². The number of ether oxygens (including phenoxy) is 2. The van der Waals surface area contributed by atoms with Gasteiger partial charge in [-0.3, -0.25) is 14.5 Å². The molecular weight excluding hydrogens is 468 g/mol. The molecule has 1 amide bonds. The van der Waals surface area contributed by atoms with Gasteiger partial charge in [0.1, 0.15) is 17.5 Å². The molecule has 7 heteroatoms. The summed E-state index contributed by atoms with van der Waals surface area (Å²) < 4.78 is 18.5. The molecule has 5 atom stereocenters. The van der Waals surface area contributed by atoms with E-state index < -0.39 is 11.0 Å². The lowest BCUT2D eigenvalue weighted by atomic mass is 9.48. The number of piperidine rings is 1. The first-order valence-corrected chi connectivity index (χ1v) is 13.6.